The lowest BCUT2D eigenvalue weighted by Crippen LogP contribution is -2.42. The van der Waals surface area contributed by atoms with Crippen LogP contribution in [0.25, 0.3) is 5.65 Å². The fourth-order valence-electron chi connectivity index (χ4n) is 3.13. The van der Waals surface area contributed by atoms with E-state index in [1.807, 2.05) is 24.4 Å². The van der Waals surface area contributed by atoms with Crippen molar-refractivity contribution in [2.45, 2.75) is 19.0 Å². The predicted molar refractivity (Wildman–Crippen MR) is 84.4 cm³/mol. The molecule has 0 spiro atoms. The monoisotopic (exact) mass is 278 g/mol. The first-order chi connectivity index (χ1) is 10.3. The number of hydrogen-bond donors (Lipinski definition) is 1. The molecule has 1 aliphatic rings. The molecule has 0 amide bonds. The Balaban J connectivity index is 1.67. The fraction of sp³-hybridized carbons (Fsp3) is 0.235. The van der Waals surface area contributed by atoms with Crippen LogP contribution >= 0.6 is 0 Å². The minimum absolute atomic E-state index is 0.192. The molecule has 1 aromatic carbocycles. The molecule has 2 N–H and O–H groups in total. The molecule has 4 rings (SSSR count). The van der Waals surface area contributed by atoms with E-state index in [0.717, 1.165) is 30.9 Å². The summed E-state index contributed by atoms with van der Waals surface area (Å²) in [5.41, 5.74) is 10.9. The van der Waals surface area contributed by atoms with Crippen molar-refractivity contribution < 1.29 is 0 Å². The lowest BCUT2D eigenvalue weighted by molar-refractivity contribution is 0.596. The van der Waals surface area contributed by atoms with Gasteiger partial charge in [-0.25, -0.2) is 4.98 Å². The van der Waals surface area contributed by atoms with Crippen LogP contribution in [0.5, 0.6) is 0 Å². The zero-order valence-electron chi connectivity index (χ0n) is 11.8. The molecule has 0 saturated heterocycles. The molecular weight excluding hydrogens is 260 g/mol. The summed E-state index contributed by atoms with van der Waals surface area (Å²) in [4.78, 5) is 7.02. The van der Waals surface area contributed by atoms with E-state index in [9.17, 15) is 0 Å². The quantitative estimate of drug-likeness (QED) is 0.782. The Bertz CT molecular complexity index is 744. The average molecular weight is 278 g/mol. The number of pyridine rings is 1. The summed E-state index contributed by atoms with van der Waals surface area (Å²) in [5.74, 6) is 0. The van der Waals surface area contributed by atoms with Crippen molar-refractivity contribution in [3.05, 3.63) is 66.1 Å². The van der Waals surface area contributed by atoms with Crippen LogP contribution in [0.3, 0.4) is 0 Å². The topological polar surface area (TPSA) is 46.6 Å². The van der Waals surface area contributed by atoms with Crippen LogP contribution < -0.4 is 10.6 Å². The molecule has 4 heteroatoms. The van der Waals surface area contributed by atoms with E-state index in [-0.39, 0.29) is 6.04 Å². The number of para-hydroxylation sites is 1. The molecule has 106 valence electrons. The number of aromatic nitrogens is 2. The number of benzene rings is 1. The van der Waals surface area contributed by atoms with E-state index >= 15 is 0 Å². The number of rotatable bonds is 2. The molecular formula is C17H18N4. The smallest absolute Gasteiger partial charge is 0.137 e. The van der Waals surface area contributed by atoms with Gasteiger partial charge in [0, 0.05) is 30.7 Å². The highest BCUT2D eigenvalue weighted by atomic mass is 15.2. The molecule has 0 radical (unpaired) electrons. The number of fused-ring (bicyclic) bond motifs is 2. The van der Waals surface area contributed by atoms with E-state index in [1.54, 1.807) is 0 Å². The maximum Gasteiger partial charge on any atom is 0.137 e. The zero-order chi connectivity index (χ0) is 14.2. The van der Waals surface area contributed by atoms with Crippen molar-refractivity contribution >= 4 is 11.3 Å². The first-order valence-electron chi connectivity index (χ1n) is 7.30. The number of imidazole rings is 1. The Morgan fingerprint density at radius 2 is 2.00 bits per heavy atom. The predicted octanol–water partition coefficient (Wildman–Crippen LogP) is 2.22. The first kappa shape index (κ1) is 12.4. The largest absolute Gasteiger partial charge is 0.364 e. The highest BCUT2D eigenvalue weighted by Crippen LogP contribution is 2.27. The SMILES string of the molecule is NC1Cc2ccccc2N(Cc2cn3ccccc3n2)C1. The van der Waals surface area contributed by atoms with Gasteiger partial charge in [-0.15, -0.1) is 0 Å². The van der Waals surface area contributed by atoms with E-state index in [2.05, 4.69) is 44.7 Å². The average Bonchev–Trinajstić information content (AvgIpc) is 2.89. The Labute approximate surface area is 123 Å². The van der Waals surface area contributed by atoms with E-state index < -0.39 is 0 Å². The summed E-state index contributed by atoms with van der Waals surface area (Å²) in [7, 11) is 0. The summed E-state index contributed by atoms with van der Waals surface area (Å²) >= 11 is 0. The maximum atomic E-state index is 6.20. The van der Waals surface area contributed by atoms with Gasteiger partial charge in [-0.3, -0.25) is 0 Å². The van der Waals surface area contributed by atoms with Gasteiger partial charge in [0.15, 0.2) is 0 Å². The third-order valence-electron chi connectivity index (χ3n) is 4.04. The van der Waals surface area contributed by atoms with Gasteiger partial charge in [0.2, 0.25) is 0 Å². The van der Waals surface area contributed by atoms with Crippen LogP contribution in [0.1, 0.15) is 11.3 Å². The fourth-order valence-corrected chi connectivity index (χ4v) is 3.13. The van der Waals surface area contributed by atoms with Crippen LogP contribution in [0.4, 0.5) is 5.69 Å². The van der Waals surface area contributed by atoms with Gasteiger partial charge in [-0.05, 0) is 30.2 Å². The van der Waals surface area contributed by atoms with Gasteiger partial charge in [0.1, 0.15) is 5.65 Å². The van der Waals surface area contributed by atoms with E-state index in [1.165, 1.54) is 11.3 Å². The summed E-state index contributed by atoms with van der Waals surface area (Å²) in [5, 5.41) is 0. The van der Waals surface area contributed by atoms with Crippen LogP contribution in [0.2, 0.25) is 0 Å². The van der Waals surface area contributed by atoms with Gasteiger partial charge in [-0.2, -0.15) is 0 Å². The van der Waals surface area contributed by atoms with Gasteiger partial charge in [0.25, 0.3) is 0 Å². The van der Waals surface area contributed by atoms with Crippen molar-refractivity contribution in [1.29, 1.82) is 0 Å². The zero-order valence-corrected chi connectivity index (χ0v) is 11.8. The molecule has 0 fully saturated rings. The van der Waals surface area contributed by atoms with Gasteiger partial charge >= 0.3 is 0 Å². The number of hydrogen-bond acceptors (Lipinski definition) is 3. The minimum atomic E-state index is 0.192. The lowest BCUT2D eigenvalue weighted by atomic mass is 9.98. The Kier molecular flexibility index (Phi) is 2.89. The van der Waals surface area contributed by atoms with Crippen molar-refractivity contribution in [3.63, 3.8) is 0 Å². The third kappa shape index (κ3) is 2.28. The number of nitrogens with two attached hydrogens (primary N) is 1. The normalized spacial score (nSPS) is 18.0. The first-order valence-corrected chi connectivity index (χ1v) is 7.30. The van der Waals surface area contributed by atoms with Crippen LogP contribution in [-0.2, 0) is 13.0 Å². The van der Waals surface area contributed by atoms with Gasteiger partial charge in [0.05, 0.1) is 12.2 Å². The van der Waals surface area contributed by atoms with Crippen molar-refractivity contribution in [1.82, 2.24) is 9.38 Å². The molecule has 0 aliphatic carbocycles. The second-order valence-corrected chi connectivity index (χ2v) is 5.67. The van der Waals surface area contributed by atoms with Crippen LogP contribution in [0.15, 0.2) is 54.9 Å². The molecule has 1 aliphatic heterocycles. The highest BCUT2D eigenvalue weighted by Gasteiger charge is 2.22. The van der Waals surface area contributed by atoms with Gasteiger partial charge < -0.3 is 15.0 Å². The molecule has 0 bridgehead atoms. The van der Waals surface area contributed by atoms with E-state index in [0.29, 0.717) is 0 Å². The summed E-state index contributed by atoms with van der Waals surface area (Å²) in [6.07, 6.45) is 5.08. The van der Waals surface area contributed by atoms with Gasteiger partial charge in [-0.1, -0.05) is 24.3 Å². The maximum absolute atomic E-state index is 6.20. The van der Waals surface area contributed by atoms with Crippen molar-refractivity contribution in [2.75, 3.05) is 11.4 Å². The lowest BCUT2D eigenvalue weighted by Gasteiger charge is -2.34. The molecule has 4 nitrogen and oxygen atoms in total. The van der Waals surface area contributed by atoms with Crippen molar-refractivity contribution in [3.8, 4) is 0 Å². The summed E-state index contributed by atoms with van der Waals surface area (Å²) in [6.45, 7) is 1.68. The molecule has 0 saturated carbocycles. The summed E-state index contributed by atoms with van der Waals surface area (Å²) in [6, 6.07) is 14.8. The highest BCUT2D eigenvalue weighted by molar-refractivity contribution is 5.56. The Morgan fingerprint density at radius 1 is 1.14 bits per heavy atom. The van der Waals surface area contributed by atoms with E-state index in [4.69, 9.17) is 5.73 Å². The molecule has 21 heavy (non-hydrogen) atoms. The third-order valence-corrected chi connectivity index (χ3v) is 4.04. The molecule has 2 aromatic heterocycles. The molecule has 3 aromatic rings. The number of nitrogens with zero attached hydrogens (tertiary/aromatic N) is 3. The molecule has 1 atom stereocenters. The molecule has 1 unspecified atom stereocenters. The van der Waals surface area contributed by atoms with Crippen molar-refractivity contribution in [2.24, 2.45) is 5.73 Å². The second-order valence-electron chi connectivity index (χ2n) is 5.67. The van der Waals surface area contributed by atoms with Crippen LogP contribution in [0, 0.1) is 0 Å². The Morgan fingerprint density at radius 3 is 2.90 bits per heavy atom. The minimum Gasteiger partial charge on any atom is -0.364 e. The second kappa shape index (κ2) is 4.90. The number of anilines is 1. The summed E-state index contributed by atoms with van der Waals surface area (Å²) < 4.78 is 2.06. The van der Waals surface area contributed by atoms with Crippen LogP contribution in [-0.4, -0.2) is 22.0 Å². The standard InChI is InChI=1S/C17H18N4/c18-14-9-13-5-1-2-6-16(13)21(10-14)12-15-11-20-8-4-3-7-17(20)19-15/h1-8,11,14H,9-10,12,18H2. The Hall–Kier alpha value is -2.33. The molecule has 3 heterocycles.